The summed E-state index contributed by atoms with van der Waals surface area (Å²) in [6.45, 7) is 4.62. The van der Waals surface area contributed by atoms with Crippen LogP contribution < -0.4 is 10.5 Å². The molecule has 0 radical (unpaired) electrons. The molecule has 0 aromatic heterocycles. The van der Waals surface area contributed by atoms with Crippen LogP contribution in [0.2, 0.25) is 0 Å². The summed E-state index contributed by atoms with van der Waals surface area (Å²) in [6, 6.07) is 4.16. The molecule has 1 aromatic carbocycles. The number of thiol groups is 1. The second-order valence-corrected chi connectivity index (χ2v) is 4.06. The number of benzene rings is 1. The smallest absolute Gasteiger partial charge is 0.124 e. The molecule has 1 aromatic rings. The van der Waals surface area contributed by atoms with Crippen molar-refractivity contribution in [3.05, 3.63) is 28.8 Å². The van der Waals surface area contributed by atoms with Crippen LogP contribution in [0.1, 0.15) is 21.9 Å². The summed E-state index contributed by atoms with van der Waals surface area (Å²) in [6.07, 6.45) is 0. The Bertz CT molecular complexity index is 302. The molecule has 1 unspecified atom stereocenters. The van der Waals surface area contributed by atoms with Gasteiger partial charge in [-0.3, -0.25) is 0 Å². The van der Waals surface area contributed by atoms with Gasteiger partial charge in [0.25, 0.3) is 0 Å². The first-order valence-corrected chi connectivity index (χ1v) is 5.15. The second kappa shape index (κ2) is 4.71. The van der Waals surface area contributed by atoms with E-state index in [4.69, 9.17) is 10.5 Å². The topological polar surface area (TPSA) is 35.2 Å². The first kappa shape index (κ1) is 11.4. The van der Waals surface area contributed by atoms with E-state index in [1.165, 1.54) is 0 Å². The lowest BCUT2D eigenvalue weighted by molar-refractivity contribution is 0.408. The van der Waals surface area contributed by atoms with E-state index in [9.17, 15) is 0 Å². The number of aryl methyl sites for hydroxylation is 2. The van der Waals surface area contributed by atoms with E-state index in [-0.39, 0.29) is 5.25 Å². The first-order chi connectivity index (χ1) is 6.60. The maximum absolute atomic E-state index is 5.57. The highest BCUT2D eigenvalue weighted by molar-refractivity contribution is 7.80. The van der Waals surface area contributed by atoms with Gasteiger partial charge in [-0.2, -0.15) is 12.6 Å². The van der Waals surface area contributed by atoms with Crippen molar-refractivity contribution in [2.75, 3.05) is 13.7 Å². The summed E-state index contributed by atoms with van der Waals surface area (Å²) in [5.74, 6) is 0.950. The largest absolute Gasteiger partial charge is 0.496 e. The van der Waals surface area contributed by atoms with Gasteiger partial charge in [0.1, 0.15) is 5.75 Å². The van der Waals surface area contributed by atoms with Crippen LogP contribution in [-0.2, 0) is 0 Å². The average Bonchev–Trinajstić information content (AvgIpc) is 2.16. The zero-order valence-electron chi connectivity index (χ0n) is 8.87. The molecule has 0 aliphatic carbocycles. The van der Waals surface area contributed by atoms with Crippen molar-refractivity contribution in [1.82, 2.24) is 0 Å². The Morgan fingerprint density at radius 2 is 1.86 bits per heavy atom. The minimum atomic E-state index is 0.110. The molecule has 0 aliphatic heterocycles. The average molecular weight is 211 g/mol. The fourth-order valence-electron chi connectivity index (χ4n) is 1.63. The summed E-state index contributed by atoms with van der Waals surface area (Å²) in [5.41, 5.74) is 8.99. The van der Waals surface area contributed by atoms with Crippen LogP contribution in [0.25, 0.3) is 0 Å². The minimum Gasteiger partial charge on any atom is -0.496 e. The summed E-state index contributed by atoms with van der Waals surface area (Å²) in [4.78, 5) is 0. The molecule has 0 bridgehead atoms. The van der Waals surface area contributed by atoms with E-state index < -0.39 is 0 Å². The number of hydrogen-bond acceptors (Lipinski definition) is 3. The van der Waals surface area contributed by atoms with E-state index in [1.807, 2.05) is 13.8 Å². The molecule has 2 nitrogen and oxygen atoms in total. The Hall–Kier alpha value is -0.670. The van der Waals surface area contributed by atoms with Crippen LogP contribution in [0.4, 0.5) is 0 Å². The van der Waals surface area contributed by atoms with Crippen LogP contribution in [0.15, 0.2) is 12.1 Å². The van der Waals surface area contributed by atoms with Gasteiger partial charge in [0.2, 0.25) is 0 Å². The van der Waals surface area contributed by atoms with Crippen LogP contribution in [-0.4, -0.2) is 13.7 Å². The van der Waals surface area contributed by atoms with E-state index in [1.54, 1.807) is 7.11 Å². The Balaban J connectivity index is 3.13. The second-order valence-electron chi connectivity index (χ2n) is 3.44. The van der Waals surface area contributed by atoms with Gasteiger partial charge in [0.15, 0.2) is 0 Å². The molecule has 0 fully saturated rings. The lowest BCUT2D eigenvalue weighted by atomic mass is 10.0. The molecule has 78 valence electrons. The Morgan fingerprint density at radius 1 is 1.36 bits per heavy atom. The molecule has 0 aliphatic rings. The minimum absolute atomic E-state index is 0.110. The summed E-state index contributed by atoms with van der Waals surface area (Å²) >= 11 is 4.41. The number of nitrogens with two attached hydrogens (primary N) is 1. The quantitative estimate of drug-likeness (QED) is 0.752. The normalized spacial score (nSPS) is 12.6. The SMILES string of the molecule is COc1c(C)cc(C(S)CN)cc1C. The molecule has 0 saturated heterocycles. The first-order valence-electron chi connectivity index (χ1n) is 4.63. The van der Waals surface area contributed by atoms with Crippen molar-refractivity contribution >= 4 is 12.6 Å². The fraction of sp³-hybridized carbons (Fsp3) is 0.455. The number of ether oxygens (including phenoxy) is 1. The number of rotatable bonds is 3. The van der Waals surface area contributed by atoms with Gasteiger partial charge in [-0.25, -0.2) is 0 Å². The Labute approximate surface area is 90.9 Å². The molecule has 2 N–H and O–H groups in total. The van der Waals surface area contributed by atoms with Gasteiger partial charge in [-0.05, 0) is 30.5 Å². The molecule has 1 rings (SSSR count). The fourth-order valence-corrected chi connectivity index (χ4v) is 1.78. The van der Waals surface area contributed by atoms with Crippen molar-refractivity contribution in [2.24, 2.45) is 5.73 Å². The summed E-state index contributed by atoms with van der Waals surface area (Å²) in [7, 11) is 1.69. The molecule has 0 spiro atoms. The van der Waals surface area contributed by atoms with E-state index in [0.717, 1.165) is 22.4 Å². The lowest BCUT2D eigenvalue weighted by Crippen LogP contribution is -2.07. The monoisotopic (exact) mass is 211 g/mol. The molecular weight excluding hydrogens is 194 g/mol. The lowest BCUT2D eigenvalue weighted by Gasteiger charge is -2.14. The molecule has 0 amide bonds. The Kier molecular flexibility index (Phi) is 3.84. The van der Waals surface area contributed by atoms with Crippen molar-refractivity contribution in [2.45, 2.75) is 19.1 Å². The van der Waals surface area contributed by atoms with E-state index in [0.29, 0.717) is 6.54 Å². The van der Waals surface area contributed by atoms with Crippen molar-refractivity contribution < 1.29 is 4.74 Å². The van der Waals surface area contributed by atoms with Crippen LogP contribution in [0, 0.1) is 13.8 Å². The maximum atomic E-state index is 5.57. The zero-order chi connectivity index (χ0) is 10.7. The van der Waals surface area contributed by atoms with Gasteiger partial charge < -0.3 is 10.5 Å². The summed E-state index contributed by atoms with van der Waals surface area (Å²) in [5, 5.41) is 0.110. The standard InChI is InChI=1S/C11H17NOS/c1-7-4-9(10(14)6-12)5-8(2)11(7)13-3/h4-5,10,14H,6,12H2,1-3H3. The molecule has 1 atom stereocenters. The third kappa shape index (κ3) is 2.22. The predicted octanol–water partition coefficient (Wildman–Crippen LogP) is 2.24. The van der Waals surface area contributed by atoms with E-state index >= 15 is 0 Å². The van der Waals surface area contributed by atoms with Gasteiger partial charge in [0.05, 0.1) is 7.11 Å². The molecular formula is C11H17NOS. The predicted molar refractivity (Wildman–Crippen MR) is 63.2 cm³/mol. The van der Waals surface area contributed by atoms with E-state index in [2.05, 4.69) is 24.8 Å². The third-order valence-corrected chi connectivity index (χ3v) is 2.80. The van der Waals surface area contributed by atoms with Crippen molar-refractivity contribution in [3.8, 4) is 5.75 Å². The van der Waals surface area contributed by atoms with Gasteiger partial charge in [-0.15, -0.1) is 0 Å². The van der Waals surface area contributed by atoms with Crippen molar-refractivity contribution in [1.29, 1.82) is 0 Å². The van der Waals surface area contributed by atoms with Gasteiger partial charge in [-0.1, -0.05) is 12.1 Å². The van der Waals surface area contributed by atoms with Crippen LogP contribution in [0.5, 0.6) is 5.75 Å². The van der Waals surface area contributed by atoms with Gasteiger partial charge >= 0.3 is 0 Å². The highest BCUT2D eigenvalue weighted by Crippen LogP contribution is 2.28. The van der Waals surface area contributed by atoms with Crippen molar-refractivity contribution in [3.63, 3.8) is 0 Å². The number of hydrogen-bond donors (Lipinski definition) is 2. The third-order valence-electron chi connectivity index (χ3n) is 2.29. The molecule has 0 heterocycles. The highest BCUT2D eigenvalue weighted by atomic mass is 32.1. The summed E-state index contributed by atoms with van der Waals surface area (Å²) < 4.78 is 5.29. The zero-order valence-corrected chi connectivity index (χ0v) is 9.77. The molecule has 14 heavy (non-hydrogen) atoms. The Morgan fingerprint density at radius 3 is 2.21 bits per heavy atom. The molecule has 3 heteroatoms. The number of methoxy groups -OCH3 is 1. The van der Waals surface area contributed by atoms with Crippen LogP contribution >= 0.6 is 12.6 Å². The van der Waals surface area contributed by atoms with Gasteiger partial charge in [0, 0.05) is 11.8 Å². The molecule has 0 saturated carbocycles. The maximum Gasteiger partial charge on any atom is 0.124 e. The highest BCUT2D eigenvalue weighted by Gasteiger charge is 2.09. The van der Waals surface area contributed by atoms with Crippen LogP contribution in [0.3, 0.4) is 0 Å².